The van der Waals surface area contributed by atoms with E-state index in [-0.39, 0.29) is 35.5 Å². The first-order valence-electron chi connectivity index (χ1n) is 10.7. The molecule has 4 rings (SSSR count). The van der Waals surface area contributed by atoms with Crippen LogP contribution < -0.4 is 10.6 Å². The standard InChI is InChI=1S/C23H30N4O2S/c1-15-3-5-16(6-4-15)14-30-12-10-26-23(24-2)25-9-11-27-21(28)19-17-7-8-18(13-17)20(19)22(27)29/h3-8,17-20H,9-14H2,1-2H3,(H2,24,25,26). The van der Waals surface area contributed by atoms with E-state index in [1.807, 2.05) is 11.8 Å². The highest BCUT2D eigenvalue weighted by atomic mass is 32.2. The normalized spacial score (nSPS) is 27.1. The molecule has 2 fully saturated rings. The molecule has 3 aliphatic rings. The van der Waals surface area contributed by atoms with Crippen LogP contribution >= 0.6 is 11.8 Å². The molecule has 7 heteroatoms. The first-order chi connectivity index (χ1) is 14.6. The lowest BCUT2D eigenvalue weighted by molar-refractivity contribution is -0.140. The molecular formula is C23H30N4O2S. The highest BCUT2D eigenvalue weighted by Gasteiger charge is 2.58. The maximum atomic E-state index is 12.7. The first-order valence-corrected chi connectivity index (χ1v) is 11.9. The molecule has 4 atom stereocenters. The van der Waals surface area contributed by atoms with Crippen LogP contribution in [0.4, 0.5) is 0 Å². The van der Waals surface area contributed by atoms with Gasteiger partial charge in [0.1, 0.15) is 0 Å². The lowest BCUT2D eigenvalue weighted by atomic mass is 9.85. The fraction of sp³-hybridized carbons (Fsp3) is 0.522. The molecule has 1 aromatic carbocycles. The molecule has 6 nitrogen and oxygen atoms in total. The zero-order chi connectivity index (χ0) is 21.1. The molecule has 2 aliphatic carbocycles. The molecule has 1 aliphatic heterocycles. The Hall–Kier alpha value is -2.28. The quantitative estimate of drug-likeness (QED) is 0.219. The monoisotopic (exact) mass is 426 g/mol. The van der Waals surface area contributed by atoms with Crippen LogP contribution in [0.25, 0.3) is 0 Å². The van der Waals surface area contributed by atoms with Crippen LogP contribution in [0, 0.1) is 30.6 Å². The second kappa shape index (κ2) is 9.25. The smallest absolute Gasteiger partial charge is 0.233 e. The molecule has 1 aromatic rings. The van der Waals surface area contributed by atoms with Gasteiger partial charge < -0.3 is 10.6 Å². The maximum Gasteiger partial charge on any atom is 0.233 e. The van der Waals surface area contributed by atoms with Crippen molar-refractivity contribution < 1.29 is 9.59 Å². The number of carbonyl (C=O) groups excluding carboxylic acids is 2. The molecule has 2 amide bonds. The van der Waals surface area contributed by atoms with E-state index in [0.717, 1.165) is 24.5 Å². The van der Waals surface area contributed by atoms with Crippen LogP contribution in [0.2, 0.25) is 0 Å². The largest absolute Gasteiger partial charge is 0.356 e. The summed E-state index contributed by atoms with van der Waals surface area (Å²) in [6.07, 6.45) is 5.22. The number of rotatable bonds is 8. The number of carbonyl (C=O) groups is 2. The Morgan fingerprint density at radius 3 is 2.33 bits per heavy atom. The van der Waals surface area contributed by atoms with E-state index in [2.05, 4.69) is 59.0 Å². The third-order valence-electron chi connectivity index (χ3n) is 6.34. The average molecular weight is 427 g/mol. The van der Waals surface area contributed by atoms with Crippen LogP contribution in [-0.2, 0) is 15.3 Å². The van der Waals surface area contributed by atoms with Gasteiger partial charge in [0, 0.05) is 38.2 Å². The number of nitrogens with zero attached hydrogens (tertiary/aromatic N) is 2. The van der Waals surface area contributed by atoms with Crippen molar-refractivity contribution in [2.75, 3.05) is 32.4 Å². The average Bonchev–Trinajstić information content (AvgIpc) is 3.43. The Morgan fingerprint density at radius 2 is 1.70 bits per heavy atom. The van der Waals surface area contributed by atoms with E-state index in [1.165, 1.54) is 16.0 Å². The molecule has 1 heterocycles. The SMILES string of the molecule is CN=C(NCCSCc1ccc(C)cc1)NCCN1C(=O)C2C3C=CC(C3)C2C1=O. The van der Waals surface area contributed by atoms with Crippen molar-refractivity contribution in [3.8, 4) is 0 Å². The minimum Gasteiger partial charge on any atom is -0.356 e. The Labute approximate surface area is 182 Å². The number of allylic oxidation sites excluding steroid dienone is 2. The lowest BCUT2D eigenvalue weighted by Crippen LogP contribution is -2.44. The summed E-state index contributed by atoms with van der Waals surface area (Å²) >= 11 is 1.88. The topological polar surface area (TPSA) is 73.8 Å². The fourth-order valence-corrected chi connectivity index (χ4v) is 5.63. The number of hydrogen-bond donors (Lipinski definition) is 2. The van der Waals surface area contributed by atoms with Gasteiger partial charge in [-0.1, -0.05) is 42.0 Å². The third kappa shape index (κ3) is 4.26. The molecule has 2 bridgehead atoms. The number of aryl methyl sites for hydroxylation is 1. The zero-order valence-corrected chi connectivity index (χ0v) is 18.5. The van der Waals surface area contributed by atoms with E-state index in [0.29, 0.717) is 19.0 Å². The van der Waals surface area contributed by atoms with Gasteiger partial charge in [-0.25, -0.2) is 0 Å². The molecule has 1 saturated heterocycles. The lowest BCUT2D eigenvalue weighted by Gasteiger charge is -2.18. The van der Waals surface area contributed by atoms with Crippen LogP contribution in [-0.4, -0.2) is 55.1 Å². The van der Waals surface area contributed by atoms with Gasteiger partial charge >= 0.3 is 0 Å². The van der Waals surface area contributed by atoms with Crippen LogP contribution in [0.1, 0.15) is 17.5 Å². The van der Waals surface area contributed by atoms with Crippen molar-refractivity contribution >= 4 is 29.5 Å². The highest BCUT2D eigenvalue weighted by molar-refractivity contribution is 7.98. The zero-order valence-electron chi connectivity index (χ0n) is 17.6. The van der Waals surface area contributed by atoms with E-state index in [1.54, 1.807) is 7.05 Å². The summed E-state index contributed by atoms with van der Waals surface area (Å²) in [4.78, 5) is 31.1. The molecule has 2 N–H and O–H groups in total. The maximum absolute atomic E-state index is 12.7. The number of fused-ring (bicyclic) bond motifs is 5. The van der Waals surface area contributed by atoms with Crippen LogP contribution in [0.15, 0.2) is 41.4 Å². The predicted molar refractivity (Wildman–Crippen MR) is 121 cm³/mol. The van der Waals surface area contributed by atoms with Crippen molar-refractivity contribution in [2.45, 2.75) is 19.1 Å². The van der Waals surface area contributed by atoms with E-state index in [9.17, 15) is 9.59 Å². The summed E-state index contributed by atoms with van der Waals surface area (Å²) < 4.78 is 0. The van der Waals surface area contributed by atoms with Crippen LogP contribution in [0.5, 0.6) is 0 Å². The molecule has 30 heavy (non-hydrogen) atoms. The van der Waals surface area contributed by atoms with Crippen molar-refractivity contribution in [3.05, 3.63) is 47.5 Å². The van der Waals surface area contributed by atoms with Crippen LogP contribution in [0.3, 0.4) is 0 Å². The van der Waals surface area contributed by atoms with Gasteiger partial charge in [0.25, 0.3) is 0 Å². The number of aliphatic imine (C=N–C) groups is 1. The van der Waals surface area contributed by atoms with Crippen molar-refractivity contribution in [1.82, 2.24) is 15.5 Å². The van der Waals surface area contributed by atoms with Gasteiger partial charge in [-0.05, 0) is 30.7 Å². The number of nitrogens with one attached hydrogen (secondary N) is 2. The van der Waals surface area contributed by atoms with Gasteiger partial charge in [-0.3, -0.25) is 19.5 Å². The summed E-state index contributed by atoms with van der Waals surface area (Å²) in [5.41, 5.74) is 2.62. The van der Waals surface area contributed by atoms with E-state index in [4.69, 9.17) is 0 Å². The molecular weight excluding hydrogens is 396 g/mol. The number of thioether (sulfide) groups is 1. The summed E-state index contributed by atoms with van der Waals surface area (Å²) in [7, 11) is 1.73. The number of likely N-dealkylation sites (tertiary alicyclic amines) is 1. The Bertz CT molecular complexity index is 821. The van der Waals surface area contributed by atoms with Crippen molar-refractivity contribution in [3.63, 3.8) is 0 Å². The molecule has 0 radical (unpaired) electrons. The van der Waals surface area contributed by atoms with E-state index < -0.39 is 0 Å². The minimum atomic E-state index is -0.115. The van der Waals surface area contributed by atoms with Gasteiger partial charge in [0.05, 0.1) is 11.8 Å². The van der Waals surface area contributed by atoms with Gasteiger partial charge in [0.2, 0.25) is 11.8 Å². The highest BCUT2D eigenvalue weighted by Crippen LogP contribution is 2.52. The number of benzene rings is 1. The number of guanidine groups is 1. The van der Waals surface area contributed by atoms with Gasteiger partial charge in [-0.15, -0.1) is 0 Å². The summed E-state index contributed by atoms with van der Waals surface area (Å²) in [5.74, 6) is 2.99. The molecule has 1 saturated carbocycles. The van der Waals surface area contributed by atoms with Crippen molar-refractivity contribution in [2.24, 2.45) is 28.7 Å². The number of imide groups is 1. The molecule has 4 unspecified atom stereocenters. The molecule has 0 spiro atoms. The summed E-state index contributed by atoms with van der Waals surface area (Å²) in [6.45, 7) is 3.81. The number of amides is 2. The first kappa shape index (κ1) is 21.0. The second-order valence-electron chi connectivity index (χ2n) is 8.29. The Balaban J connectivity index is 1.14. The molecule has 0 aromatic heterocycles. The Morgan fingerprint density at radius 1 is 1.07 bits per heavy atom. The van der Waals surface area contributed by atoms with Gasteiger partial charge in [-0.2, -0.15) is 11.8 Å². The predicted octanol–water partition coefficient (Wildman–Crippen LogP) is 2.20. The van der Waals surface area contributed by atoms with Gasteiger partial charge in [0.15, 0.2) is 5.96 Å². The van der Waals surface area contributed by atoms with Crippen molar-refractivity contribution in [1.29, 1.82) is 0 Å². The summed E-state index contributed by atoms with van der Waals surface area (Å²) in [5, 5.41) is 6.52. The third-order valence-corrected chi connectivity index (χ3v) is 7.37. The Kier molecular flexibility index (Phi) is 6.46. The second-order valence-corrected chi connectivity index (χ2v) is 9.40. The number of hydrogen-bond acceptors (Lipinski definition) is 4. The van der Waals surface area contributed by atoms with E-state index >= 15 is 0 Å². The molecule has 160 valence electrons. The fourth-order valence-electron chi connectivity index (χ4n) is 4.81. The summed E-state index contributed by atoms with van der Waals surface area (Å²) in [6, 6.07) is 8.63. The minimum absolute atomic E-state index is 0.0131.